The van der Waals surface area contributed by atoms with Gasteiger partial charge < -0.3 is 4.90 Å². The average molecular weight is 363 g/mol. The van der Waals surface area contributed by atoms with Gasteiger partial charge in [-0.3, -0.25) is 0 Å². The Morgan fingerprint density at radius 2 is 1.69 bits per heavy atom. The van der Waals surface area contributed by atoms with E-state index in [2.05, 4.69) is 69.7 Å². The first-order valence-corrected chi connectivity index (χ1v) is 9.55. The molecule has 26 heavy (non-hydrogen) atoms. The van der Waals surface area contributed by atoms with Crippen molar-refractivity contribution in [1.29, 1.82) is 0 Å². The van der Waals surface area contributed by atoms with Gasteiger partial charge in [0.05, 0.1) is 0 Å². The van der Waals surface area contributed by atoms with E-state index < -0.39 is 0 Å². The molecule has 2 aromatic heterocycles. The molecule has 0 unspecified atom stereocenters. The standard InChI is InChI=1S/C20H21N5S/c1-24(2)17-13-11-16(12-14-17)19-21-22-20-25(19)23-18(26-20)10-6-9-15-7-4-3-5-8-15/h3-5,7-8,11-14H,6,9-10H2,1-2H3. The molecule has 0 amide bonds. The second kappa shape index (κ2) is 7.25. The second-order valence-electron chi connectivity index (χ2n) is 6.49. The minimum Gasteiger partial charge on any atom is -0.378 e. The summed E-state index contributed by atoms with van der Waals surface area (Å²) in [5, 5.41) is 14.5. The molecular formula is C20H21N5S. The fourth-order valence-corrected chi connectivity index (χ4v) is 3.81. The number of fused-ring (bicyclic) bond motifs is 1. The van der Waals surface area contributed by atoms with Crippen LogP contribution in [0.2, 0.25) is 0 Å². The van der Waals surface area contributed by atoms with Crippen LogP contribution in [-0.2, 0) is 12.8 Å². The first kappa shape index (κ1) is 16.7. The van der Waals surface area contributed by atoms with E-state index >= 15 is 0 Å². The Morgan fingerprint density at radius 1 is 0.923 bits per heavy atom. The highest BCUT2D eigenvalue weighted by Crippen LogP contribution is 2.24. The molecule has 0 N–H and O–H groups in total. The Hall–Kier alpha value is -2.73. The van der Waals surface area contributed by atoms with Crippen molar-refractivity contribution in [3.8, 4) is 11.4 Å². The van der Waals surface area contributed by atoms with Crippen LogP contribution in [0, 0.1) is 0 Å². The molecule has 0 aliphatic rings. The van der Waals surface area contributed by atoms with Crippen LogP contribution in [0.1, 0.15) is 17.0 Å². The summed E-state index contributed by atoms with van der Waals surface area (Å²) in [7, 11) is 4.07. The minimum absolute atomic E-state index is 0.802. The molecule has 0 radical (unpaired) electrons. The maximum Gasteiger partial charge on any atom is 0.234 e. The monoisotopic (exact) mass is 363 g/mol. The van der Waals surface area contributed by atoms with Crippen molar-refractivity contribution in [3.63, 3.8) is 0 Å². The predicted molar refractivity (Wildman–Crippen MR) is 107 cm³/mol. The number of benzene rings is 2. The minimum atomic E-state index is 0.802. The number of aromatic nitrogens is 4. The Labute approximate surface area is 156 Å². The van der Waals surface area contributed by atoms with Crippen LogP contribution in [0.15, 0.2) is 54.6 Å². The number of nitrogens with zero attached hydrogens (tertiary/aromatic N) is 5. The summed E-state index contributed by atoms with van der Waals surface area (Å²) < 4.78 is 1.87. The summed E-state index contributed by atoms with van der Waals surface area (Å²) in [4.78, 5) is 2.93. The highest BCUT2D eigenvalue weighted by atomic mass is 32.1. The lowest BCUT2D eigenvalue weighted by Crippen LogP contribution is -2.08. The Balaban J connectivity index is 1.49. The van der Waals surface area contributed by atoms with Crippen LogP contribution in [0.4, 0.5) is 5.69 Å². The predicted octanol–water partition coefficient (Wildman–Crippen LogP) is 4.09. The molecule has 132 valence electrons. The van der Waals surface area contributed by atoms with Gasteiger partial charge in [0.25, 0.3) is 0 Å². The molecule has 6 heteroatoms. The fourth-order valence-electron chi connectivity index (χ4n) is 2.93. The third-order valence-electron chi connectivity index (χ3n) is 4.37. The molecule has 0 bridgehead atoms. The van der Waals surface area contributed by atoms with E-state index in [1.165, 1.54) is 5.56 Å². The molecule has 4 rings (SSSR count). The van der Waals surface area contributed by atoms with Gasteiger partial charge in [-0.1, -0.05) is 41.7 Å². The Morgan fingerprint density at radius 3 is 2.42 bits per heavy atom. The van der Waals surface area contributed by atoms with Crippen molar-refractivity contribution in [2.45, 2.75) is 19.3 Å². The summed E-state index contributed by atoms with van der Waals surface area (Å²) in [6.07, 6.45) is 3.11. The van der Waals surface area contributed by atoms with Crippen molar-refractivity contribution in [3.05, 3.63) is 65.2 Å². The zero-order valence-electron chi connectivity index (χ0n) is 15.0. The summed E-state index contributed by atoms with van der Waals surface area (Å²) in [5.41, 5.74) is 3.57. The van der Waals surface area contributed by atoms with Crippen LogP contribution >= 0.6 is 11.3 Å². The third kappa shape index (κ3) is 3.46. The van der Waals surface area contributed by atoms with Gasteiger partial charge >= 0.3 is 0 Å². The van der Waals surface area contributed by atoms with Gasteiger partial charge in [0.2, 0.25) is 4.96 Å². The highest BCUT2D eigenvalue weighted by Gasteiger charge is 2.13. The molecule has 0 fully saturated rings. The van der Waals surface area contributed by atoms with Gasteiger partial charge in [0, 0.05) is 31.8 Å². The zero-order valence-corrected chi connectivity index (χ0v) is 15.8. The molecule has 0 aliphatic heterocycles. The largest absolute Gasteiger partial charge is 0.378 e. The molecule has 4 aromatic rings. The summed E-state index contributed by atoms with van der Waals surface area (Å²) in [6.45, 7) is 0. The van der Waals surface area contributed by atoms with Crippen molar-refractivity contribution in [2.24, 2.45) is 0 Å². The third-order valence-corrected chi connectivity index (χ3v) is 5.33. The normalized spacial score (nSPS) is 11.2. The SMILES string of the molecule is CN(C)c1ccc(-c2nnc3sc(CCCc4ccccc4)nn23)cc1. The summed E-state index contributed by atoms with van der Waals surface area (Å²) in [6, 6.07) is 18.9. The lowest BCUT2D eigenvalue weighted by atomic mass is 10.1. The van der Waals surface area contributed by atoms with Gasteiger partial charge in [-0.05, 0) is 42.7 Å². The van der Waals surface area contributed by atoms with E-state index in [4.69, 9.17) is 5.10 Å². The van der Waals surface area contributed by atoms with Gasteiger partial charge in [0.1, 0.15) is 5.01 Å². The number of aryl methyl sites for hydroxylation is 2. The zero-order chi connectivity index (χ0) is 17.9. The quantitative estimate of drug-likeness (QED) is 0.517. The molecule has 0 spiro atoms. The van der Waals surface area contributed by atoms with Gasteiger partial charge in [-0.15, -0.1) is 10.2 Å². The lowest BCUT2D eigenvalue weighted by molar-refractivity contribution is 0.789. The van der Waals surface area contributed by atoms with E-state index in [0.717, 1.165) is 46.3 Å². The van der Waals surface area contributed by atoms with Crippen molar-refractivity contribution in [1.82, 2.24) is 19.8 Å². The number of hydrogen-bond donors (Lipinski definition) is 0. The first-order chi connectivity index (χ1) is 12.7. The van der Waals surface area contributed by atoms with Crippen LogP contribution in [0.25, 0.3) is 16.3 Å². The molecule has 2 aromatic carbocycles. The van der Waals surface area contributed by atoms with Crippen LogP contribution in [0.3, 0.4) is 0 Å². The number of rotatable bonds is 6. The van der Waals surface area contributed by atoms with E-state index in [9.17, 15) is 0 Å². The lowest BCUT2D eigenvalue weighted by Gasteiger charge is -2.11. The Kier molecular flexibility index (Phi) is 4.67. The van der Waals surface area contributed by atoms with Crippen LogP contribution < -0.4 is 4.90 Å². The topological polar surface area (TPSA) is 46.3 Å². The number of hydrogen-bond acceptors (Lipinski definition) is 5. The van der Waals surface area contributed by atoms with Gasteiger partial charge in [-0.2, -0.15) is 9.61 Å². The van der Waals surface area contributed by atoms with Crippen molar-refractivity contribution < 1.29 is 0 Å². The Bertz CT molecular complexity index is 986. The molecule has 0 aliphatic carbocycles. The summed E-state index contributed by atoms with van der Waals surface area (Å²) in [5.74, 6) is 0.802. The van der Waals surface area contributed by atoms with Crippen molar-refractivity contribution >= 4 is 22.0 Å². The maximum absolute atomic E-state index is 4.74. The fraction of sp³-hybridized carbons (Fsp3) is 0.250. The molecule has 5 nitrogen and oxygen atoms in total. The van der Waals surface area contributed by atoms with E-state index in [1.807, 2.05) is 18.6 Å². The van der Waals surface area contributed by atoms with Crippen LogP contribution in [0.5, 0.6) is 0 Å². The number of anilines is 1. The second-order valence-corrected chi connectivity index (χ2v) is 7.53. The van der Waals surface area contributed by atoms with E-state index in [1.54, 1.807) is 11.3 Å². The van der Waals surface area contributed by atoms with Gasteiger partial charge in [0.15, 0.2) is 5.82 Å². The first-order valence-electron chi connectivity index (χ1n) is 8.73. The van der Waals surface area contributed by atoms with E-state index in [0.29, 0.717) is 0 Å². The van der Waals surface area contributed by atoms with Crippen LogP contribution in [-0.4, -0.2) is 33.9 Å². The molecule has 0 atom stereocenters. The molecule has 0 saturated heterocycles. The molecular weight excluding hydrogens is 342 g/mol. The van der Waals surface area contributed by atoms with Gasteiger partial charge in [-0.25, -0.2) is 0 Å². The molecule has 0 saturated carbocycles. The highest BCUT2D eigenvalue weighted by molar-refractivity contribution is 7.16. The smallest absolute Gasteiger partial charge is 0.234 e. The summed E-state index contributed by atoms with van der Waals surface area (Å²) >= 11 is 1.63. The van der Waals surface area contributed by atoms with Crippen molar-refractivity contribution in [2.75, 3.05) is 19.0 Å². The maximum atomic E-state index is 4.74. The average Bonchev–Trinajstić information content (AvgIpc) is 3.23. The van der Waals surface area contributed by atoms with E-state index in [-0.39, 0.29) is 0 Å². The molecule has 2 heterocycles.